The molecule has 0 aromatic carbocycles. The van der Waals surface area contributed by atoms with Crippen LogP contribution >= 0.6 is 0 Å². The van der Waals surface area contributed by atoms with Crippen molar-refractivity contribution in [2.45, 2.75) is 45.7 Å². The first-order chi connectivity index (χ1) is 11.9. The Kier molecular flexibility index (Phi) is 5.82. The van der Waals surface area contributed by atoms with Crippen LogP contribution in [0.3, 0.4) is 0 Å². The number of nitrogens with one attached hydrogen (secondary N) is 1. The molecule has 0 saturated carbocycles. The second-order valence-corrected chi connectivity index (χ2v) is 6.61. The molecule has 1 aromatic rings. The first-order valence-electron chi connectivity index (χ1n) is 8.44. The molecule has 1 aliphatic rings. The molecular formula is C19H26FN3O2. The molecule has 2 rings (SSSR count). The normalized spacial score (nSPS) is 19.4. The van der Waals surface area contributed by atoms with Crippen LogP contribution in [0.1, 0.15) is 43.2 Å². The topological polar surface area (TPSA) is 56.2 Å². The maximum absolute atomic E-state index is 12.4. The number of carbonyl (C=O) groups is 1. The van der Waals surface area contributed by atoms with Gasteiger partial charge in [0, 0.05) is 0 Å². The summed E-state index contributed by atoms with van der Waals surface area (Å²) in [5.74, 6) is 0.270. The Bertz CT molecular complexity index is 716. The molecule has 1 N–H and O–H groups in total. The number of anilines is 1. The average molecular weight is 347 g/mol. The minimum atomic E-state index is -0.510. The highest BCUT2D eigenvalue weighted by Crippen LogP contribution is 2.37. The van der Waals surface area contributed by atoms with Crippen molar-refractivity contribution in [2.75, 3.05) is 18.6 Å². The Morgan fingerprint density at radius 2 is 2.28 bits per heavy atom. The Morgan fingerprint density at radius 1 is 1.56 bits per heavy atom. The van der Waals surface area contributed by atoms with Crippen molar-refractivity contribution in [1.82, 2.24) is 9.78 Å². The maximum atomic E-state index is 12.4. The summed E-state index contributed by atoms with van der Waals surface area (Å²) in [7, 11) is 0. The molecular weight excluding hydrogens is 321 g/mol. The number of fused-ring (bicyclic) bond motifs is 1. The number of hydrogen-bond acceptors (Lipinski definition) is 4. The van der Waals surface area contributed by atoms with E-state index in [-0.39, 0.29) is 17.6 Å². The molecule has 0 saturated heterocycles. The number of hydrogen-bond donors (Lipinski definition) is 1. The van der Waals surface area contributed by atoms with Gasteiger partial charge in [-0.1, -0.05) is 30.9 Å². The highest BCUT2D eigenvalue weighted by molar-refractivity contribution is 5.96. The van der Waals surface area contributed by atoms with Crippen molar-refractivity contribution in [2.24, 2.45) is 0 Å². The summed E-state index contributed by atoms with van der Waals surface area (Å²) in [6.07, 6.45) is 7.46. The smallest absolute Gasteiger partial charge is 0.343 e. The number of halogens is 1. The molecule has 0 radical (unpaired) electrons. The largest absolute Gasteiger partial charge is 0.462 e. The number of rotatable bonds is 6. The van der Waals surface area contributed by atoms with E-state index in [4.69, 9.17) is 4.74 Å². The van der Waals surface area contributed by atoms with Gasteiger partial charge in [0.2, 0.25) is 0 Å². The number of aryl methyl sites for hydroxylation is 1. The summed E-state index contributed by atoms with van der Waals surface area (Å²) < 4.78 is 19.3. The highest BCUT2D eigenvalue weighted by atomic mass is 19.1. The third-order valence-corrected chi connectivity index (χ3v) is 4.28. The third-order valence-electron chi connectivity index (χ3n) is 4.28. The van der Waals surface area contributed by atoms with Gasteiger partial charge in [-0.3, -0.25) is 0 Å². The van der Waals surface area contributed by atoms with Gasteiger partial charge in [-0.2, -0.15) is 5.10 Å². The van der Waals surface area contributed by atoms with Crippen LogP contribution < -0.4 is 5.32 Å². The van der Waals surface area contributed by atoms with Crippen molar-refractivity contribution < 1.29 is 13.9 Å². The molecule has 136 valence electrons. The second-order valence-electron chi connectivity index (χ2n) is 6.61. The van der Waals surface area contributed by atoms with E-state index < -0.39 is 6.67 Å². The number of carbonyl (C=O) groups excluding carboxylic acids is 1. The lowest BCUT2D eigenvalue weighted by Gasteiger charge is -2.38. The number of aromatic nitrogens is 2. The quantitative estimate of drug-likeness (QED) is 0.626. The summed E-state index contributed by atoms with van der Waals surface area (Å²) >= 11 is 0. The van der Waals surface area contributed by atoms with Crippen LogP contribution in [-0.4, -0.2) is 35.1 Å². The van der Waals surface area contributed by atoms with Crippen molar-refractivity contribution >= 4 is 11.8 Å². The predicted molar refractivity (Wildman–Crippen MR) is 97.7 cm³/mol. The Morgan fingerprint density at radius 3 is 2.88 bits per heavy atom. The Hall–Kier alpha value is -2.37. The van der Waals surface area contributed by atoms with Gasteiger partial charge in [0.05, 0.1) is 23.9 Å². The molecule has 0 spiro atoms. The predicted octanol–water partition coefficient (Wildman–Crippen LogP) is 3.93. The van der Waals surface area contributed by atoms with E-state index in [1.807, 2.05) is 10.8 Å². The monoisotopic (exact) mass is 347 g/mol. The van der Waals surface area contributed by atoms with Gasteiger partial charge in [-0.25, -0.2) is 13.9 Å². The van der Waals surface area contributed by atoms with Gasteiger partial charge in [-0.05, 0) is 39.7 Å². The van der Waals surface area contributed by atoms with Gasteiger partial charge >= 0.3 is 5.97 Å². The summed E-state index contributed by atoms with van der Waals surface area (Å²) in [5, 5.41) is 7.94. The van der Waals surface area contributed by atoms with E-state index in [2.05, 4.69) is 30.8 Å². The lowest BCUT2D eigenvalue weighted by atomic mass is 9.88. The minimum absolute atomic E-state index is 0.0615. The summed E-state index contributed by atoms with van der Waals surface area (Å²) in [6, 6.07) is -0.0615. The van der Waals surface area contributed by atoms with E-state index in [0.717, 1.165) is 12.0 Å². The Balaban J connectivity index is 2.46. The molecule has 1 aromatic heterocycles. The summed E-state index contributed by atoms with van der Waals surface area (Å²) in [4.78, 5) is 12.4. The van der Waals surface area contributed by atoms with E-state index in [9.17, 15) is 9.18 Å². The van der Waals surface area contributed by atoms with Crippen molar-refractivity contribution in [3.8, 4) is 0 Å². The van der Waals surface area contributed by atoms with Crippen molar-refractivity contribution in [1.29, 1.82) is 0 Å². The molecule has 25 heavy (non-hydrogen) atoms. The molecule has 6 heteroatoms. The minimum Gasteiger partial charge on any atom is -0.462 e. The average Bonchev–Trinajstić information content (AvgIpc) is 2.88. The van der Waals surface area contributed by atoms with Gasteiger partial charge in [0.1, 0.15) is 18.1 Å². The number of allylic oxidation sites excluding steroid dienone is 3. The van der Waals surface area contributed by atoms with E-state index in [1.165, 1.54) is 6.08 Å². The lowest BCUT2D eigenvalue weighted by molar-refractivity contribution is 0.0526. The van der Waals surface area contributed by atoms with E-state index >= 15 is 0 Å². The fourth-order valence-electron chi connectivity index (χ4n) is 3.11. The van der Waals surface area contributed by atoms with Crippen LogP contribution in [-0.2, 0) is 10.3 Å². The fraction of sp³-hybridized carbons (Fsp3) is 0.474. The van der Waals surface area contributed by atoms with Crippen LogP contribution in [0, 0.1) is 6.92 Å². The molecule has 0 fully saturated rings. The zero-order chi connectivity index (χ0) is 18.6. The molecule has 0 amide bonds. The molecule has 1 unspecified atom stereocenters. The van der Waals surface area contributed by atoms with Gasteiger partial charge in [0.15, 0.2) is 0 Å². The first kappa shape index (κ1) is 19.0. The Labute approximate surface area is 148 Å². The fourth-order valence-corrected chi connectivity index (χ4v) is 3.11. The molecule has 5 nitrogen and oxygen atoms in total. The number of nitrogens with zero attached hydrogens (tertiary/aromatic N) is 2. The first-order valence-corrected chi connectivity index (χ1v) is 8.44. The maximum Gasteiger partial charge on any atom is 0.343 e. The molecule has 2 heterocycles. The number of alkyl halides is 1. The van der Waals surface area contributed by atoms with E-state index in [1.54, 1.807) is 26.0 Å². The van der Waals surface area contributed by atoms with Gasteiger partial charge in [0.25, 0.3) is 0 Å². The standard InChI is InChI=1S/C19H26FN3O2/c1-6-14(10-8-9-11-20)15-12-19(4,5)23-17(21-15)16(13(3)22-23)18(24)25-7-2/h6,8-10,15,21H,1,7,11-12H2,2-5H3/b9-8-,14-10+. The zero-order valence-electron chi connectivity index (χ0n) is 15.3. The molecule has 1 atom stereocenters. The molecule has 0 bridgehead atoms. The van der Waals surface area contributed by atoms with Crippen molar-refractivity contribution in [3.05, 3.63) is 47.7 Å². The molecule has 1 aliphatic heterocycles. The van der Waals surface area contributed by atoms with Crippen LogP contribution in [0.25, 0.3) is 0 Å². The number of esters is 1. The van der Waals surface area contributed by atoms with Crippen LogP contribution in [0.2, 0.25) is 0 Å². The van der Waals surface area contributed by atoms with Crippen LogP contribution in [0.15, 0.2) is 36.5 Å². The van der Waals surface area contributed by atoms with Crippen LogP contribution in [0.5, 0.6) is 0 Å². The number of ether oxygens (including phenoxy) is 1. The SMILES string of the molecule is C=C/C(=C\C=C/CF)C1CC(C)(C)n2nc(C)c(C(=O)OCC)c2N1. The molecule has 0 aliphatic carbocycles. The van der Waals surface area contributed by atoms with E-state index in [0.29, 0.717) is 23.7 Å². The van der Waals surface area contributed by atoms with Gasteiger partial charge < -0.3 is 10.1 Å². The highest BCUT2D eigenvalue weighted by Gasteiger charge is 2.38. The third kappa shape index (κ3) is 3.83. The summed E-state index contributed by atoms with van der Waals surface area (Å²) in [6.45, 7) is 11.4. The zero-order valence-corrected chi connectivity index (χ0v) is 15.3. The lowest BCUT2D eigenvalue weighted by Crippen LogP contribution is -2.42. The summed E-state index contributed by atoms with van der Waals surface area (Å²) in [5.41, 5.74) is 1.73. The van der Waals surface area contributed by atoms with Crippen LogP contribution in [0.4, 0.5) is 10.2 Å². The van der Waals surface area contributed by atoms with Crippen molar-refractivity contribution in [3.63, 3.8) is 0 Å². The second kappa shape index (κ2) is 7.68. The van der Waals surface area contributed by atoms with Gasteiger partial charge in [-0.15, -0.1) is 0 Å².